The third-order valence-corrected chi connectivity index (χ3v) is 6.37. The molecule has 1 atom stereocenters. The van der Waals surface area contributed by atoms with Gasteiger partial charge in [-0.3, -0.25) is 14.7 Å². The van der Waals surface area contributed by atoms with Gasteiger partial charge in [-0.25, -0.2) is 9.97 Å². The number of rotatable bonds is 6. The highest BCUT2D eigenvalue weighted by atomic mass is 16.2. The second-order valence-electron chi connectivity index (χ2n) is 8.78. The molecule has 0 aliphatic heterocycles. The van der Waals surface area contributed by atoms with Crippen molar-refractivity contribution in [3.63, 3.8) is 0 Å². The molecule has 0 radical (unpaired) electrons. The molecule has 37 heavy (non-hydrogen) atoms. The van der Waals surface area contributed by atoms with Gasteiger partial charge in [0.25, 0.3) is 5.91 Å². The molecule has 0 saturated heterocycles. The second-order valence-corrected chi connectivity index (χ2v) is 8.78. The van der Waals surface area contributed by atoms with Gasteiger partial charge in [0.2, 0.25) is 5.91 Å². The molecule has 6 N–H and O–H groups in total. The Morgan fingerprint density at radius 2 is 1.70 bits per heavy atom. The quantitative estimate of drug-likeness (QED) is 0.276. The Hall–Kier alpha value is -5.05. The van der Waals surface area contributed by atoms with Crippen LogP contribution in [0.5, 0.6) is 0 Å². The van der Waals surface area contributed by atoms with E-state index in [1.165, 1.54) is 0 Å². The molecule has 2 aromatic heterocycles. The maximum Gasteiger partial charge on any atom is 0.269 e. The van der Waals surface area contributed by atoms with Crippen LogP contribution < -0.4 is 16.8 Å². The minimum absolute atomic E-state index is 0.0762. The van der Waals surface area contributed by atoms with Crippen LogP contribution in [0.4, 0.5) is 11.4 Å². The number of carbonyl (C=O) groups excluding carboxylic acids is 2. The number of H-pyrrole nitrogens is 1. The van der Waals surface area contributed by atoms with Crippen molar-refractivity contribution in [1.29, 1.82) is 0 Å². The van der Waals surface area contributed by atoms with Gasteiger partial charge in [0, 0.05) is 16.5 Å². The van der Waals surface area contributed by atoms with Crippen LogP contribution in [-0.4, -0.2) is 32.0 Å². The topological polar surface area (TPSA) is 153 Å². The number of nitrogens with one attached hydrogen (secondary N) is 2. The van der Waals surface area contributed by atoms with Crippen molar-refractivity contribution in [2.24, 2.45) is 5.73 Å². The van der Waals surface area contributed by atoms with Gasteiger partial charge in [-0.1, -0.05) is 48.5 Å². The maximum atomic E-state index is 13.1. The standard InChI is InChI=1S/C28H25N7O2/c1-15-12-13-21-19(14-31-35-21)22(15)24-23(29)25(26(30)36)34-27(33-24)18-10-6-7-11-20(18)32-28(37)16(2)17-8-4-3-5-9-17/h3-14,16H,29H2,1-2H3,(H2,30,36)(H,31,35)(H,32,37). The Labute approximate surface area is 212 Å². The first-order chi connectivity index (χ1) is 17.8. The second kappa shape index (κ2) is 9.54. The fourth-order valence-corrected chi connectivity index (χ4v) is 4.33. The molecule has 0 spiro atoms. The number of fused-ring (bicyclic) bond motifs is 1. The maximum absolute atomic E-state index is 13.1. The summed E-state index contributed by atoms with van der Waals surface area (Å²) in [6, 6.07) is 20.5. The number of primary amides is 1. The smallest absolute Gasteiger partial charge is 0.269 e. The molecule has 0 aliphatic carbocycles. The predicted octanol–water partition coefficient (Wildman–Crippen LogP) is 4.42. The van der Waals surface area contributed by atoms with Crippen LogP contribution >= 0.6 is 0 Å². The molecule has 184 valence electrons. The van der Waals surface area contributed by atoms with Crippen molar-refractivity contribution in [1.82, 2.24) is 20.2 Å². The molecule has 1 unspecified atom stereocenters. The van der Waals surface area contributed by atoms with E-state index in [1.807, 2.05) is 56.3 Å². The van der Waals surface area contributed by atoms with E-state index in [9.17, 15) is 9.59 Å². The zero-order chi connectivity index (χ0) is 26.1. The van der Waals surface area contributed by atoms with Crippen molar-refractivity contribution < 1.29 is 9.59 Å². The van der Waals surface area contributed by atoms with E-state index in [4.69, 9.17) is 16.5 Å². The minimum Gasteiger partial charge on any atom is -0.395 e. The highest BCUT2D eigenvalue weighted by molar-refractivity contribution is 6.05. The highest BCUT2D eigenvalue weighted by Crippen LogP contribution is 2.37. The van der Waals surface area contributed by atoms with Crippen molar-refractivity contribution in [2.45, 2.75) is 19.8 Å². The lowest BCUT2D eigenvalue weighted by atomic mass is 9.98. The number of aromatic nitrogens is 4. The van der Waals surface area contributed by atoms with Crippen LogP contribution in [-0.2, 0) is 4.79 Å². The Balaban J connectivity index is 1.64. The molecule has 5 aromatic rings. The van der Waals surface area contributed by atoms with Gasteiger partial charge in [-0.2, -0.15) is 5.10 Å². The van der Waals surface area contributed by atoms with Gasteiger partial charge < -0.3 is 16.8 Å². The van der Waals surface area contributed by atoms with Crippen molar-refractivity contribution >= 4 is 34.1 Å². The van der Waals surface area contributed by atoms with Gasteiger partial charge in [-0.05, 0) is 43.2 Å². The molecule has 0 bridgehead atoms. The summed E-state index contributed by atoms with van der Waals surface area (Å²) in [5.41, 5.74) is 16.7. The normalized spacial score (nSPS) is 11.8. The van der Waals surface area contributed by atoms with Crippen LogP contribution in [0.3, 0.4) is 0 Å². The van der Waals surface area contributed by atoms with E-state index >= 15 is 0 Å². The average molecular weight is 492 g/mol. The van der Waals surface area contributed by atoms with Gasteiger partial charge in [0.05, 0.1) is 34.7 Å². The largest absolute Gasteiger partial charge is 0.395 e. The first kappa shape index (κ1) is 23.7. The van der Waals surface area contributed by atoms with Crippen LogP contribution in [0.25, 0.3) is 33.5 Å². The van der Waals surface area contributed by atoms with E-state index in [1.54, 1.807) is 30.5 Å². The molecule has 0 aliphatic rings. The summed E-state index contributed by atoms with van der Waals surface area (Å²) in [6.45, 7) is 3.76. The van der Waals surface area contributed by atoms with Crippen LogP contribution in [0.1, 0.15) is 34.5 Å². The lowest BCUT2D eigenvalue weighted by Gasteiger charge is -2.17. The number of hydrogen-bond acceptors (Lipinski definition) is 6. The Kier molecular flexibility index (Phi) is 6.10. The van der Waals surface area contributed by atoms with E-state index in [0.717, 1.165) is 22.0 Å². The van der Waals surface area contributed by atoms with Crippen LogP contribution in [0.15, 0.2) is 72.9 Å². The number of nitrogen functional groups attached to an aromatic ring is 1. The summed E-state index contributed by atoms with van der Waals surface area (Å²) >= 11 is 0. The van der Waals surface area contributed by atoms with E-state index in [2.05, 4.69) is 20.5 Å². The number of amides is 2. The summed E-state index contributed by atoms with van der Waals surface area (Å²) in [4.78, 5) is 34.7. The molecule has 5 rings (SSSR count). The number of aryl methyl sites for hydroxylation is 1. The Morgan fingerprint density at radius 3 is 2.46 bits per heavy atom. The number of para-hydroxylation sites is 1. The number of benzene rings is 3. The Bertz CT molecular complexity index is 1640. The van der Waals surface area contributed by atoms with Gasteiger partial charge >= 0.3 is 0 Å². The first-order valence-electron chi connectivity index (χ1n) is 11.7. The lowest BCUT2D eigenvalue weighted by molar-refractivity contribution is -0.117. The summed E-state index contributed by atoms with van der Waals surface area (Å²) in [6.07, 6.45) is 1.68. The SMILES string of the molecule is Cc1ccc2[nH]ncc2c1-c1nc(-c2ccccc2NC(=O)C(C)c2ccccc2)nc(C(N)=O)c1N. The summed E-state index contributed by atoms with van der Waals surface area (Å²) in [5.74, 6) is -1.15. The number of nitrogens with two attached hydrogens (primary N) is 2. The molecular weight excluding hydrogens is 466 g/mol. The molecular formula is C28H25N7O2. The summed E-state index contributed by atoms with van der Waals surface area (Å²) in [7, 11) is 0. The average Bonchev–Trinajstić information content (AvgIpc) is 3.38. The zero-order valence-electron chi connectivity index (χ0n) is 20.3. The third kappa shape index (κ3) is 4.38. The predicted molar refractivity (Wildman–Crippen MR) is 144 cm³/mol. The van der Waals surface area contributed by atoms with Gasteiger partial charge in [0.15, 0.2) is 11.5 Å². The van der Waals surface area contributed by atoms with E-state index in [0.29, 0.717) is 22.5 Å². The van der Waals surface area contributed by atoms with Crippen molar-refractivity contribution in [3.8, 4) is 22.6 Å². The molecule has 9 heteroatoms. The van der Waals surface area contributed by atoms with Crippen molar-refractivity contribution in [2.75, 3.05) is 11.1 Å². The van der Waals surface area contributed by atoms with Crippen molar-refractivity contribution in [3.05, 3.63) is 89.7 Å². The summed E-state index contributed by atoms with van der Waals surface area (Å²) in [5, 5.41) is 10.9. The highest BCUT2D eigenvalue weighted by Gasteiger charge is 2.23. The van der Waals surface area contributed by atoms with E-state index < -0.39 is 5.91 Å². The first-order valence-corrected chi connectivity index (χ1v) is 11.7. The number of aromatic amines is 1. The lowest BCUT2D eigenvalue weighted by Crippen LogP contribution is -2.20. The number of carbonyl (C=O) groups is 2. The molecule has 0 saturated carbocycles. The van der Waals surface area contributed by atoms with E-state index in [-0.39, 0.29) is 29.0 Å². The third-order valence-electron chi connectivity index (χ3n) is 6.37. The fourth-order valence-electron chi connectivity index (χ4n) is 4.33. The Morgan fingerprint density at radius 1 is 0.973 bits per heavy atom. The molecule has 3 aromatic carbocycles. The summed E-state index contributed by atoms with van der Waals surface area (Å²) < 4.78 is 0. The zero-order valence-corrected chi connectivity index (χ0v) is 20.3. The van der Waals surface area contributed by atoms with Crippen LogP contribution in [0, 0.1) is 6.92 Å². The minimum atomic E-state index is -0.779. The number of anilines is 2. The van der Waals surface area contributed by atoms with Gasteiger partial charge in [0.1, 0.15) is 0 Å². The molecule has 0 fully saturated rings. The molecule has 2 amide bonds. The fraction of sp³-hybridized carbons (Fsp3) is 0.107. The van der Waals surface area contributed by atoms with Gasteiger partial charge in [-0.15, -0.1) is 0 Å². The van der Waals surface area contributed by atoms with Crippen LogP contribution in [0.2, 0.25) is 0 Å². The molecule has 2 heterocycles. The number of hydrogen-bond donors (Lipinski definition) is 4. The monoisotopic (exact) mass is 491 g/mol. The molecule has 9 nitrogen and oxygen atoms in total. The number of nitrogens with zero attached hydrogens (tertiary/aromatic N) is 3.